The fraction of sp³-hybridized carbons (Fsp3) is 0.0811. The van der Waals surface area contributed by atoms with Gasteiger partial charge < -0.3 is 14.4 Å². The topological polar surface area (TPSA) is 56.0 Å². The maximum atomic E-state index is 5.37. The number of aromatic nitrogens is 5. The van der Waals surface area contributed by atoms with E-state index < -0.39 is 5.41 Å². The first-order valence-electron chi connectivity index (χ1n) is 14.0. The molecular formula is C37H25N5Pt. The second kappa shape index (κ2) is 10.5. The van der Waals surface area contributed by atoms with Gasteiger partial charge in [-0.3, -0.25) is 4.98 Å². The van der Waals surface area contributed by atoms with Crippen LogP contribution in [-0.2, 0) is 26.5 Å². The Balaban J connectivity index is 0.00000300. The van der Waals surface area contributed by atoms with Gasteiger partial charge in [0.15, 0.2) is 0 Å². The van der Waals surface area contributed by atoms with Crippen molar-refractivity contribution in [2.24, 2.45) is 0 Å². The first-order chi connectivity index (χ1) is 20.6. The molecular weight excluding hydrogens is 710 g/mol. The van der Waals surface area contributed by atoms with Crippen LogP contribution >= 0.6 is 0 Å². The van der Waals surface area contributed by atoms with Gasteiger partial charge >= 0.3 is 21.1 Å². The van der Waals surface area contributed by atoms with Gasteiger partial charge in [0.25, 0.3) is 0 Å². The molecule has 0 radical (unpaired) electrons. The molecule has 0 aliphatic rings. The Hall–Kier alpha value is -4.73. The Morgan fingerprint density at radius 3 is 2.40 bits per heavy atom. The number of imidazole rings is 1. The van der Waals surface area contributed by atoms with Gasteiger partial charge in [0.2, 0.25) is 0 Å². The first-order valence-corrected chi connectivity index (χ1v) is 14.0. The molecule has 0 saturated carbocycles. The van der Waals surface area contributed by atoms with Crippen molar-refractivity contribution >= 4 is 38.5 Å². The zero-order valence-electron chi connectivity index (χ0n) is 23.5. The summed E-state index contributed by atoms with van der Waals surface area (Å²) in [5, 5.41) is 1.85. The third kappa shape index (κ3) is 4.35. The Labute approximate surface area is 263 Å². The molecule has 6 heteroatoms. The molecule has 0 amide bonds. The van der Waals surface area contributed by atoms with Crippen LogP contribution in [0.2, 0.25) is 0 Å². The van der Waals surface area contributed by atoms with E-state index >= 15 is 0 Å². The second-order valence-corrected chi connectivity index (χ2v) is 11.0. The number of pyridine rings is 4. The zero-order chi connectivity index (χ0) is 28.3. The summed E-state index contributed by atoms with van der Waals surface area (Å²) in [5.74, 6) is 0. The van der Waals surface area contributed by atoms with Gasteiger partial charge in [-0.25, -0.2) is 4.98 Å². The van der Waals surface area contributed by atoms with Crippen LogP contribution in [0.25, 0.3) is 60.9 Å². The number of hydrogen-bond acceptors (Lipinski definition) is 4. The van der Waals surface area contributed by atoms with E-state index in [9.17, 15) is 0 Å². The molecule has 0 N–H and O–H groups in total. The van der Waals surface area contributed by atoms with Crippen molar-refractivity contribution in [3.8, 4) is 22.4 Å². The van der Waals surface area contributed by atoms with Crippen LogP contribution in [-0.4, -0.2) is 24.3 Å². The molecule has 0 bridgehead atoms. The summed E-state index contributed by atoms with van der Waals surface area (Å²) < 4.78 is 2.23. The monoisotopic (exact) mass is 734 g/mol. The van der Waals surface area contributed by atoms with Crippen LogP contribution in [0.1, 0.15) is 25.1 Å². The van der Waals surface area contributed by atoms with E-state index in [4.69, 9.17) is 9.97 Å². The van der Waals surface area contributed by atoms with Crippen LogP contribution in [0.3, 0.4) is 0 Å². The van der Waals surface area contributed by atoms with Gasteiger partial charge in [-0.1, -0.05) is 84.8 Å². The molecule has 0 aliphatic heterocycles. The molecule has 5 heterocycles. The maximum Gasteiger partial charge on any atom is 2.00 e. The third-order valence-corrected chi connectivity index (χ3v) is 8.16. The minimum Gasteiger partial charge on any atom is -0.359 e. The summed E-state index contributed by atoms with van der Waals surface area (Å²) >= 11 is 0. The molecule has 0 saturated heterocycles. The van der Waals surface area contributed by atoms with Crippen LogP contribution < -0.4 is 0 Å². The molecule has 8 aromatic rings. The van der Waals surface area contributed by atoms with Crippen LogP contribution in [0, 0.1) is 12.3 Å². The van der Waals surface area contributed by atoms with Crippen molar-refractivity contribution in [2.45, 2.75) is 19.3 Å². The van der Waals surface area contributed by atoms with Crippen LogP contribution in [0.4, 0.5) is 0 Å². The molecule has 5 aromatic heterocycles. The summed E-state index contributed by atoms with van der Waals surface area (Å²) in [7, 11) is 0. The Morgan fingerprint density at radius 1 is 0.744 bits per heavy atom. The smallest absolute Gasteiger partial charge is 0.359 e. The van der Waals surface area contributed by atoms with Crippen molar-refractivity contribution < 1.29 is 21.1 Å². The number of nitrogens with zero attached hydrogens (tertiary/aromatic N) is 5. The fourth-order valence-corrected chi connectivity index (χ4v) is 5.90. The van der Waals surface area contributed by atoms with E-state index in [2.05, 4.69) is 101 Å². The minimum atomic E-state index is -0.429. The van der Waals surface area contributed by atoms with Gasteiger partial charge in [0.05, 0.1) is 11.0 Å². The van der Waals surface area contributed by atoms with Gasteiger partial charge in [-0.2, -0.15) is 0 Å². The second-order valence-electron chi connectivity index (χ2n) is 11.0. The largest absolute Gasteiger partial charge is 2.00 e. The quantitative estimate of drug-likeness (QED) is 0.135. The normalized spacial score (nSPS) is 11.8. The Kier molecular flexibility index (Phi) is 6.63. The molecule has 8 rings (SSSR count). The molecule has 0 atom stereocenters. The number of hydrogen-bond donors (Lipinski definition) is 0. The maximum absolute atomic E-state index is 5.37. The van der Waals surface area contributed by atoms with E-state index in [1.165, 1.54) is 0 Å². The minimum absolute atomic E-state index is 0. The van der Waals surface area contributed by atoms with Crippen molar-refractivity contribution in [3.63, 3.8) is 0 Å². The van der Waals surface area contributed by atoms with Gasteiger partial charge in [0.1, 0.15) is 5.65 Å². The Bertz CT molecular complexity index is 2280. The van der Waals surface area contributed by atoms with Gasteiger partial charge in [0, 0.05) is 28.3 Å². The average molecular weight is 735 g/mol. The fourth-order valence-electron chi connectivity index (χ4n) is 5.90. The third-order valence-electron chi connectivity index (χ3n) is 8.16. The van der Waals surface area contributed by atoms with E-state index in [0.29, 0.717) is 0 Å². The van der Waals surface area contributed by atoms with Crippen LogP contribution in [0.15, 0.2) is 116 Å². The number of rotatable bonds is 4. The molecule has 0 spiro atoms. The molecule has 208 valence electrons. The standard InChI is InChI=1S/C37H25N5.Pt/c1-37(2,26-14-10-13-25(21-26)29-15-8-9-20-39-29)33-19-18-32-35(41-33)28-23-38-22-27(24-11-4-3-5-12-24)34(28)36-40-30-16-6-7-17-31(30)42(32)36;/h3-20,22H,1-2H3;/q-2;+2. The average Bonchev–Trinajstić information content (AvgIpc) is 3.45. The van der Waals surface area contributed by atoms with Gasteiger partial charge in [-0.15, -0.1) is 35.4 Å². The summed E-state index contributed by atoms with van der Waals surface area (Å²) in [6, 6.07) is 38.7. The molecule has 0 aliphatic carbocycles. The predicted molar refractivity (Wildman–Crippen MR) is 168 cm³/mol. The first kappa shape index (κ1) is 27.1. The van der Waals surface area contributed by atoms with Crippen molar-refractivity contribution in [1.82, 2.24) is 24.3 Å². The van der Waals surface area contributed by atoms with Crippen molar-refractivity contribution in [2.75, 3.05) is 0 Å². The number of benzene rings is 3. The van der Waals surface area contributed by atoms with E-state index in [-0.39, 0.29) is 21.1 Å². The molecule has 3 aromatic carbocycles. The molecule has 43 heavy (non-hydrogen) atoms. The number of fused-ring (bicyclic) bond motifs is 8. The summed E-state index contributed by atoms with van der Waals surface area (Å²) in [4.78, 5) is 19.6. The van der Waals surface area contributed by atoms with Gasteiger partial charge in [-0.05, 0) is 54.0 Å². The summed E-state index contributed by atoms with van der Waals surface area (Å²) in [5.41, 5.74) is 10.2. The molecule has 5 nitrogen and oxygen atoms in total. The molecule has 0 fully saturated rings. The molecule has 0 unspecified atom stereocenters. The van der Waals surface area contributed by atoms with Crippen molar-refractivity contribution in [1.29, 1.82) is 0 Å². The van der Waals surface area contributed by atoms with E-state index in [0.717, 1.165) is 72.1 Å². The van der Waals surface area contributed by atoms with Crippen molar-refractivity contribution in [3.05, 3.63) is 139 Å². The number of para-hydroxylation sites is 2. The van der Waals surface area contributed by atoms with Crippen LogP contribution in [0.5, 0.6) is 0 Å². The summed E-state index contributed by atoms with van der Waals surface area (Å²) in [6.07, 6.45) is 7.00. The zero-order valence-corrected chi connectivity index (χ0v) is 25.8. The Morgan fingerprint density at radius 2 is 1.56 bits per heavy atom. The predicted octanol–water partition coefficient (Wildman–Crippen LogP) is 8.24. The van der Waals surface area contributed by atoms with E-state index in [1.807, 2.05) is 54.9 Å². The summed E-state index contributed by atoms with van der Waals surface area (Å²) in [6.45, 7) is 4.39. The SMILES string of the molecule is CC(C)(c1[c-]c(-c2ccccn2)ccc1)c1ccc2c(n1)c1[c-]ncc(-c3ccccc3)c1c1nc3ccccc3n21.[Pt+2]. The van der Waals surface area contributed by atoms with E-state index in [1.54, 1.807) is 0 Å².